The molecule has 9 heteroatoms. The van der Waals surface area contributed by atoms with E-state index in [4.69, 9.17) is 10.5 Å². The van der Waals surface area contributed by atoms with Crippen LogP contribution in [0.5, 0.6) is 5.75 Å². The number of thioether (sulfide) groups is 1. The van der Waals surface area contributed by atoms with Crippen molar-refractivity contribution in [3.05, 3.63) is 65.0 Å². The number of carbonyl (C=O) groups excluding carboxylic acids is 1. The van der Waals surface area contributed by atoms with Gasteiger partial charge in [-0.2, -0.15) is 5.10 Å². The first-order chi connectivity index (χ1) is 13.9. The van der Waals surface area contributed by atoms with Crippen LogP contribution in [0.4, 0.5) is 13.2 Å². The molecule has 152 valence electrons. The lowest BCUT2D eigenvalue weighted by molar-refractivity contribution is -0.134. The summed E-state index contributed by atoms with van der Waals surface area (Å²) in [5.41, 5.74) is 6.58. The van der Waals surface area contributed by atoms with Crippen LogP contribution in [0.3, 0.4) is 0 Å². The fraction of sp³-hybridized carbons (Fsp3) is 0.300. The smallest absolute Gasteiger partial charge is 0.241 e. The SMILES string of the molecule is CC(=O)N1N=C(c2ccc(F)c(F)c2)S[C@@]12c1cc(F)ccc1OC[C@H]2CCN. The Bertz CT molecular complexity index is 1020. The molecule has 2 aliphatic rings. The Morgan fingerprint density at radius 2 is 2.07 bits per heavy atom. The highest BCUT2D eigenvalue weighted by atomic mass is 32.2. The second-order valence-electron chi connectivity index (χ2n) is 6.89. The normalized spacial score (nSPS) is 23.0. The number of amides is 1. The molecule has 2 aliphatic heterocycles. The molecule has 1 spiro atoms. The van der Waals surface area contributed by atoms with Gasteiger partial charge in [-0.1, -0.05) is 11.8 Å². The number of fused-ring (bicyclic) bond motifs is 2. The van der Waals surface area contributed by atoms with E-state index in [1.807, 2.05) is 0 Å². The fourth-order valence-electron chi connectivity index (χ4n) is 3.76. The fourth-order valence-corrected chi connectivity index (χ4v) is 5.30. The number of ether oxygens (including phenoxy) is 1. The van der Waals surface area contributed by atoms with Gasteiger partial charge in [-0.25, -0.2) is 18.2 Å². The predicted octanol–water partition coefficient (Wildman–Crippen LogP) is 3.57. The summed E-state index contributed by atoms with van der Waals surface area (Å²) < 4.78 is 47.2. The maximum Gasteiger partial charge on any atom is 0.241 e. The average molecular weight is 421 g/mol. The van der Waals surface area contributed by atoms with Crippen molar-refractivity contribution in [2.75, 3.05) is 13.2 Å². The van der Waals surface area contributed by atoms with Crippen LogP contribution in [0.15, 0.2) is 41.5 Å². The Morgan fingerprint density at radius 1 is 1.28 bits per heavy atom. The number of nitrogens with two attached hydrogens (primary N) is 1. The molecule has 2 heterocycles. The first-order valence-electron chi connectivity index (χ1n) is 9.03. The minimum absolute atomic E-state index is 0.257. The van der Waals surface area contributed by atoms with Gasteiger partial charge in [-0.05, 0) is 49.4 Å². The van der Waals surface area contributed by atoms with Gasteiger partial charge in [0.15, 0.2) is 16.5 Å². The average Bonchev–Trinajstić information content (AvgIpc) is 3.08. The van der Waals surface area contributed by atoms with Crippen LogP contribution in [0.2, 0.25) is 0 Å². The van der Waals surface area contributed by atoms with Crippen LogP contribution in [-0.2, 0) is 9.67 Å². The van der Waals surface area contributed by atoms with Crippen molar-refractivity contribution < 1.29 is 22.7 Å². The molecule has 2 atom stereocenters. The monoisotopic (exact) mass is 421 g/mol. The number of halogens is 3. The Morgan fingerprint density at radius 3 is 2.76 bits per heavy atom. The minimum Gasteiger partial charge on any atom is -0.493 e. The van der Waals surface area contributed by atoms with Crippen molar-refractivity contribution in [2.45, 2.75) is 18.2 Å². The highest BCUT2D eigenvalue weighted by molar-refractivity contribution is 8.15. The van der Waals surface area contributed by atoms with Crippen molar-refractivity contribution in [1.82, 2.24) is 5.01 Å². The van der Waals surface area contributed by atoms with Gasteiger partial charge in [-0.15, -0.1) is 0 Å². The molecule has 0 saturated heterocycles. The van der Waals surface area contributed by atoms with Crippen LogP contribution in [0.1, 0.15) is 24.5 Å². The lowest BCUT2D eigenvalue weighted by Gasteiger charge is -2.45. The summed E-state index contributed by atoms with van der Waals surface area (Å²) in [5.74, 6) is -2.69. The van der Waals surface area contributed by atoms with E-state index in [2.05, 4.69) is 5.10 Å². The Kier molecular flexibility index (Phi) is 5.04. The molecule has 0 unspecified atom stereocenters. The quantitative estimate of drug-likeness (QED) is 0.823. The number of carbonyl (C=O) groups is 1. The van der Waals surface area contributed by atoms with E-state index in [9.17, 15) is 18.0 Å². The molecular weight excluding hydrogens is 403 g/mol. The molecule has 1 amide bonds. The van der Waals surface area contributed by atoms with E-state index < -0.39 is 22.3 Å². The van der Waals surface area contributed by atoms with Gasteiger partial charge >= 0.3 is 0 Å². The molecular formula is C20H18F3N3O2S. The minimum atomic E-state index is -1.10. The lowest BCUT2D eigenvalue weighted by Crippen LogP contribution is -2.51. The van der Waals surface area contributed by atoms with Crippen molar-refractivity contribution in [1.29, 1.82) is 0 Å². The number of nitrogens with zero attached hydrogens (tertiary/aromatic N) is 2. The molecule has 0 aliphatic carbocycles. The predicted molar refractivity (Wildman–Crippen MR) is 104 cm³/mol. The van der Waals surface area contributed by atoms with Gasteiger partial charge in [0.25, 0.3) is 0 Å². The van der Waals surface area contributed by atoms with Crippen molar-refractivity contribution in [3.8, 4) is 5.75 Å². The molecule has 5 nitrogen and oxygen atoms in total. The van der Waals surface area contributed by atoms with Crippen LogP contribution >= 0.6 is 11.8 Å². The first kappa shape index (κ1) is 19.8. The van der Waals surface area contributed by atoms with E-state index >= 15 is 0 Å². The Balaban J connectivity index is 1.89. The second-order valence-corrected chi connectivity index (χ2v) is 8.10. The summed E-state index contributed by atoms with van der Waals surface area (Å²) in [7, 11) is 0. The molecule has 0 fully saturated rings. The zero-order valence-electron chi connectivity index (χ0n) is 15.5. The second kappa shape index (κ2) is 7.38. The van der Waals surface area contributed by atoms with E-state index in [1.165, 1.54) is 48.0 Å². The summed E-state index contributed by atoms with van der Waals surface area (Å²) >= 11 is 1.20. The summed E-state index contributed by atoms with van der Waals surface area (Å²) in [4.78, 5) is 11.5. The number of benzene rings is 2. The summed E-state index contributed by atoms with van der Waals surface area (Å²) in [6, 6.07) is 7.55. The van der Waals surface area contributed by atoms with Crippen LogP contribution < -0.4 is 10.5 Å². The lowest BCUT2D eigenvalue weighted by atomic mass is 9.86. The van der Waals surface area contributed by atoms with Crippen molar-refractivity contribution in [2.24, 2.45) is 16.8 Å². The van der Waals surface area contributed by atoms with Crippen LogP contribution in [0, 0.1) is 23.4 Å². The molecule has 0 bridgehead atoms. The van der Waals surface area contributed by atoms with Gasteiger partial charge in [0.2, 0.25) is 5.91 Å². The van der Waals surface area contributed by atoms with Gasteiger partial charge < -0.3 is 10.5 Å². The molecule has 29 heavy (non-hydrogen) atoms. The standard InChI is InChI=1S/C20H18F3N3O2S/c1-11(27)26-20(29-19(25-26)12-2-4-16(22)17(23)8-12)13(6-7-24)10-28-18-5-3-14(21)9-15(18)20/h2-5,8-9,13H,6-7,10,24H2,1H3/t13-,20+/m1/s1. The largest absolute Gasteiger partial charge is 0.493 e. The molecule has 0 radical (unpaired) electrons. The first-order valence-corrected chi connectivity index (χ1v) is 9.85. The van der Waals surface area contributed by atoms with Gasteiger partial charge in [0, 0.05) is 24.0 Å². The number of hydrazone groups is 1. The number of hydrogen-bond acceptors (Lipinski definition) is 5. The summed E-state index contributed by atoms with van der Waals surface area (Å²) in [6.45, 7) is 1.94. The third-order valence-corrected chi connectivity index (χ3v) is 6.61. The molecule has 2 aromatic rings. The molecule has 4 rings (SSSR count). The van der Waals surface area contributed by atoms with Crippen LogP contribution in [0.25, 0.3) is 0 Å². The van der Waals surface area contributed by atoms with Gasteiger partial charge in [-0.3, -0.25) is 4.79 Å². The van der Waals surface area contributed by atoms with E-state index in [-0.39, 0.29) is 18.4 Å². The number of rotatable bonds is 3. The van der Waals surface area contributed by atoms with Gasteiger partial charge in [0.05, 0.1) is 6.61 Å². The van der Waals surface area contributed by atoms with Gasteiger partial charge in [0.1, 0.15) is 16.6 Å². The topological polar surface area (TPSA) is 67.9 Å². The van der Waals surface area contributed by atoms with E-state index in [0.29, 0.717) is 34.9 Å². The zero-order valence-corrected chi connectivity index (χ0v) is 16.3. The van der Waals surface area contributed by atoms with Crippen LogP contribution in [-0.4, -0.2) is 29.1 Å². The molecule has 2 N–H and O–H groups in total. The van der Waals surface area contributed by atoms with E-state index in [0.717, 1.165) is 12.1 Å². The van der Waals surface area contributed by atoms with E-state index in [1.54, 1.807) is 0 Å². The highest BCUT2D eigenvalue weighted by Gasteiger charge is 2.56. The maximum absolute atomic E-state index is 14.2. The third kappa shape index (κ3) is 3.18. The summed E-state index contributed by atoms with van der Waals surface area (Å²) in [5, 5.41) is 6.04. The Labute approximate surface area is 169 Å². The summed E-state index contributed by atoms with van der Waals surface area (Å²) in [6.07, 6.45) is 0.493. The number of hydrogen-bond donors (Lipinski definition) is 1. The zero-order chi connectivity index (χ0) is 20.8. The van der Waals surface area contributed by atoms with Crippen molar-refractivity contribution >= 4 is 22.7 Å². The van der Waals surface area contributed by atoms with Crippen molar-refractivity contribution in [3.63, 3.8) is 0 Å². The third-order valence-electron chi connectivity index (χ3n) is 5.06. The molecule has 2 aromatic carbocycles. The Hall–Kier alpha value is -2.52. The molecule has 0 saturated carbocycles. The molecule has 0 aromatic heterocycles. The maximum atomic E-state index is 14.2. The highest BCUT2D eigenvalue weighted by Crippen LogP contribution is 2.57.